The summed E-state index contributed by atoms with van der Waals surface area (Å²) >= 11 is 8.35. The molecule has 2 unspecified atom stereocenters. The third kappa shape index (κ3) is 5.69. The molecule has 1 fully saturated rings. The molecule has 2 atom stereocenters. The van der Waals surface area contributed by atoms with Crippen molar-refractivity contribution in [2.45, 2.75) is 96.9 Å². The summed E-state index contributed by atoms with van der Waals surface area (Å²) in [6, 6.07) is 5.17. The van der Waals surface area contributed by atoms with E-state index in [-0.39, 0.29) is 73.8 Å². The predicted molar refractivity (Wildman–Crippen MR) is 181 cm³/mol. The van der Waals surface area contributed by atoms with Crippen LogP contribution in [0.2, 0.25) is 5.02 Å². The van der Waals surface area contributed by atoms with Crippen LogP contribution in [0.4, 0.5) is 20.0 Å². The molecule has 0 aliphatic carbocycles. The molecule has 1 N–H and O–H groups in total. The first-order valence-corrected chi connectivity index (χ1v) is 18.3. The van der Waals surface area contributed by atoms with Crippen molar-refractivity contribution in [3.63, 3.8) is 0 Å². The van der Waals surface area contributed by atoms with E-state index in [2.05, 4.69) is 35.1 Å². The van der Waals surface area contributed by atoms with Gasteiger partial charge in [-0.3, -0.25) is 5.32 Å². The van der Waals surface area contributed by atoms with Crippen LogP contribution < -0.4 is 10.2 Å². The van der Waals surface area contributed by atoms with Gasteiger partial charge in [0.05, 0.1) is 40.5 Å². The number of aromatic nitrogens is 2. The van der Waals surface area contributed by atoms with Crippen LogP contribution >= 0.6 is 22.9 Å². The van der Waals surface area contributed by atoms with Gasteiger partial charge < -0.3 is 14.4 Å². The molecular weight excluding hydrogens is 665 g/mol. The number of carbonyl (C=O) groups excluding carboxylic acids is 1. The molecule has 2 aromatic heterocycles. The maximum absolute atomic E-state index is 16.2. The molecule has 10 nitrogen and oxygen atoms in total. The Kier molecular flexibility index (Phi) is 8.62. The van der Waals surface area contributed by atoms with E-state index in [4.69, 9.17) is 26.1 Å². The monoisotopic (exact) mass is 699 g/mol. The van der Waals surface area contributed by atoms with Crippen molar-refractivity contribution in [3.05, 3.63) is 39.7 Å². The topological polar surface area (TPSA) is 135 Å². The highest BCUT2D eigenvalue weighted by Crippen LogP contribution is 2.51. The number of carbonyl (C=O) groups is 1. The maximum Gasteiger partial charge on any atom is 0.412 e. The Morgan fingerprint density at radius 2 is 1.91 bits per heavy atom. The standard InChI is InChI=1S/C33H35ClFN5O5S2/c1-7-17-10-9-16(3)40(17)29-25-20-15-44-14-19(20)24(27(34)28(25)37-31(38-29)47(42,43)8-2)26-21(35)11-12-22-23(26)18(13-36)30(46-22)39-32(41)45-33(4,5)6/h11-12,16-17H,7-10,14-15H2,1-6H3,(H,39,41). The summed E-state index contributed by atoms with van der Waals surface area (Å²) in [6.45, 7) is 11.1. The predicted octanol–water partition coefficient (Wildman–Crippen LogP) is 8.11. The quantitative estimate of drug-likeness (QED) is 0.198. The van der Waals surface area contributed by atoms with Crippen molar-refractivity contribution in [2.24, 2.45) is 0 Å². The number of nitriles is 1. The van der Waals surface area contributed by atoms with E-state index in [0.29, 0.717) is 27.0 Å². The van der Waals surface area contributed by atoms with Gasteiger partial charge in [0, 0.05) is 33.3 Å². The van der Waals surface area contributed by atoms with E-state index in [0.717, 1.165) is 30.6 Å². The normalized spacial score (nSPS) is 18.1. The van der Waals surface area contributed by atoms with E-state index in [1.807, 2.05) is 0 Å². The highest BCUT2D eigenvalue weighted by Gasteiger charge is 2.37. The second kappa shape index (κ2) is 12.1. The average Bonchev–Trinajstić information content (AvgIpc) is 3.73. The summed E-state index contributed by atoms with van der Waals surface area (Å²) in [5.41, 5.74) is 1.06. The number of thiophene rings is 1. The zero-order valence-electron chi connectivity index (χ0n) is 27.0. The Balaban J connectivity index is 1.68. The lowest BCUT2D eigenvalue weighted by Gasteiger charge is -2.31. The van der Waals surface area contributed by atoms with Crippen molar-refractivity contribution in [1.82, 2.24) is 9.97 Å². The molecule has 47 heavy (non-hydrogen) atoms. The van der Waals surface area contributed by atoms with Gasteiger partial charge in [-0.25, -0.2) is 27.6 Å². The molecule has 6 rings (SSSR count). The first-order valence-electron chi connectivity index (χ1n) is 15.5. The number of hydrogen-bond acceptors (Lipinski definition) is 10. The first kappa shape index (κ1) is 33.3. The highest BCUT2D eigenvalue weighted by molar-refractivity contribution is 7.91. The van der Waals surface area contributed by atoms with Crippen LogP contribution in [-0.2, 0) is 32.5 Å². The molecule has 0 radical (unpaired) electrons. The summed E-state index contributed by atoms with van der Waals surface area (Å²) in [6.07, 6.45) is 1.91. The second-order valence-corrected chi connectivity index (χ2v) is 16.4. The lowest BCUT2D eigenvalue weighted by molar-refractivity contribution is 0.0636. The smallest absolute Gasteiger partial charge is 0.412 e. The van der Waals surface area contributed by atoms with Gasteiger partial charge >= 0.3 is 6.09 Å². The van der Waals surface area contributed by atoms with Gasteiger partial charge in [-0.05, 0) is 70.2 Å². The fourth-order valence-corrected chi connectivity index (χ4v) is 8.67. The van der Waals surface area contributed by atoms with Crippen LogP contribution in [0, 0.1) is 17.1 Å². The first-order chi connectivity index (χ1) is 22.2. The summed E-state index contributed by atoms with van der Waals surface area (Å²) in [5, 5.41) is 13.7. The minimum Gasteiger partial charge on any atom is -0.444 e. The van der Waals surface area contributed by atoms with Crippen molar-refractivity contribution < 1.29 is 27.1 Å². The number of amides is 1. The molecule has 248 valence electrons. The van der Waals surface area contributed by atoms with Crippen molar-refractivity contribution in [1.29, 1.82) is 5.26 Å². The number of rotatable bonds is 6. The Labute approximate surface area is 281 Å². The molecule has 4 aromatic rings. The summed E-state index contributed by atoms with van der Waals surface area (Å²) in [5.74, 6) is -0.392. The number of fused-ring (bicyclic) bond motifs is 4. The molecule has 1 saturated heterocycles. The highest BCUT2D eigenvalue weighted by atomic mass is 35.5. The number of benzene rings is 2. The van der Waals surface area contributed by atoms with E-state index in [9.17, 15) is 18.5 Å². The summed E-state index contributed by atoms with van der Waals surface area (Å²) in [4.78, 5) is 24.1. The summed E-state index contributed by atoms with van der Waals surface area (Å²) < 4.78 is 54.7. The number of halogens is 2. The minimum absolute atomic E-state index is 0.0310. The van der Waals surface area contributed by atoms with E-state index < -0.39 is 27.3 Å². The summed E-state index contributed by atoms with van der Waals surface area (Å²) in [7, 11) is -3.87. The number of hydrogen-bond donors (Lipinski definition) is 1. The lowest BCUT2D eigenvalue weighted by Crippen LogP contribution is -2.35. The Hall–Kier alpha value is -3.57. The van der Waals surface area contributed by atoms with Crippen molar-refractivity contribution >= 4 is 70.7 Å². The van der Waals surface area contributed by atoms with Gasteiger partial charge in [0.1, 0.15) is 28.3 Å². The molecule has 0 spiro atoms. The van der Waals surface area contributed by atoms with Gasteiger partial charge in [-0.2, -0.15) is 5.26 Å². The Morgan fingerprint density at radius 1 is 1.19 bits per heavy atom. The zero-order chi connectivity index (χ0) is 34.0. The van der Waals surface area contributed by atoms with Crippen LogP contribution in [0.5, 0.6) is 0 Å². The largest absolute Gasteiger partial charge is 0.444 e. The number of nitrogens with zero attached hydrogens (tertiary/aromatic N) is 4. The van der Waals surface area contributed by atoms with E-state index >= 15 is 4.39 Å². The van der Waals surface area contributed by atoms with Crippen LogP contribution in [0.25, 0.3) is 32.1 Å². The number of anilines is 2. The Bertz CT molecular complexity index is 2110. The fraction of sp³-hybridized carbons (Fsp3) is 0.455. The van der Waals surface area contributed by atoms with E-state index in [1.54, 1.807) is 20.8 Å². The van der Waals surface area contributed by atoms with Gasteiger partial charge in [-0.1, -0.05) is 25.4 Å². The molecule has 0 bridgehead atoms. The molecule has 0 saturated carbocycles. The minimum atomic E-state index is -3.87. The number of nitrogens with one attached hydrogen (secondary N) is 1. The molecule has 2 aromatic carbocycles. The zero-order valence-corrected chi connectivity index (χ0v) is 29.3. The maximum atomic E-state index is 16.2. The van der Waals surface area contributed by atoms with Crippen LogP contribution in [0.1, 0.15) is 77.5 Å². The third-order valence-corrected chi connectivity index (χ3v) is 11.6. The van der Waals surface area contributed by atoms with E-state index in [1.165, 1.54) is 19.1 Å². The lowest BCUT2D eigenvalue weighted by atomic mass is 9.90. The fourth-order valence-electron chi connectivity index (χ4n) is 6.56. The third-order valence-electron chi connectivity index (χ3n) is 8.70. The SMILES string of the molecule is CCC1CCC(C)N1c1nc(S(=O)(=O)CC)nc2c(Cl)c(-c3c(F)ccc4sc(NC(=O)OC(C)(C)C)c(C#N)c34)c3c(c12)COC3. The van der Waals surface area contributed by atoms with Gasteiger partial charge in [0.2, 0.25) is 15.0 Å². The van der Waals surface area contributed by atoms with Gasteiger partial charge in [-0.15, -0.1) is 11.3 Å². The molecule has 2 aliphatic rings. The van der Waals surface area contributed by atoms with Gasteiger partial charge in [0.15, 0.2) is 0 Å². The Morgan fingerprint density at radius 3 is 2.57 bits per heavy atom. The van der Waals surface area contributed by atoms with Crippen molar-refractivity contribution in [3.8, 4) is 17.2 Å². The average molecular weight is 700 g/mol. The molecule has 2 aliphatic heterocycles. The van der Waals surface area contributed by atoms with Crippen LogP contribution in [0.15, 0.2) is 17.3 Å². The molecule has 1 amide bonds. The van der Waals surface area contributed by atoms with Gasteiger partial charge in [0.25, 0.3) is 0 Å². The molecule has 4 heterocycles. The van der Waals surface area contributed by atoms with Crippen LogP contribution in [0.3, 0.4) is 0 Å². The number of sulfone groups is 1. The van der Waals surface area contributed by atoms with Crippen molar-refractivity contribution in [2.75, 3.05) is 16.0 Å². The number of ether oxygens (including phenoxy) is 2. The molecular formula is C33H35ClFN5O5S2. The molecule has 14 heteroatoms. The van der Waals surface area contributed by atoms with Crippen LogP contribution in [-0.4, -0.2) is 47.9 Å². The second-order valence-electron chi connectivity index (χ2n) is 12.8.